The first-order valence-corrected chi connectivity index (χ1v) is 7.47. The molecule has 1 unspecified atom stereocenters. The van der Waals surface area contributed by atoms with Crippen molar-refractivity contribution < 1.29 is 9.59 Å². The highest BCUT2D eigenvalue weighted by Crippen LogP contribution is 2.28. The van der Waals surface area contributed by atoms with Gasteiger partial charge in [0.2, 0.25) is 5.91 Å². The van der Waals surface area contributed by atoms with Crippen LogP contribution >= 0.6 is 23.2 Å². The molecule has 0 radical (unpaired) electrons. The summed E-state index contributed by atoms with van der Waals surface area (Å²) in [6.07, 6.45) is 1.46. The number of nitrogens with zero attached hydrogens (tertiary/aromatic N) is 1. The fraction of sp³-hybridized carbons (Fsp3) is 0.429. The first kappa shape index (κ1) is 15.9. The number of nitrogen functional groups attached to an aromatic ring is 1. The molecule has 1 saturated heterocycles. The van der Waals surface area contributed by atoms with Gasteiger partial charge in [0.15, 0.2) is 0 Å². The molecule has 2 rings (SSSR count). The molecule has 1 aromatic rings. The summed E-state index contributed by atoms with van der Waals surface area (Å²) in [5, 5.41) is 3.32. The molecular formula is C14H17Cl2N3O2. The Morgan fingerprint density at radius 3 is 2.57 bits per heavy atom. The molecule has 0 bridgehead atoms. The van der Waals surface area contributed by atoms with Crippen LogP contribution in [0.3, 0.4) is 0 Å². The lowest BCUT2D eigenvalue weighted by Crippen LogP contribution is -2.42. The van der Waals surface area contributed by atoms with E-state index in [2.05, 4.69) is 5.32 Å². The Bertz CT molecular complexity index is 554. The van der Waals surface area contributed by atoms with Gasteiger partial charge in [0, 0.05) is 31.1 Å². The van der Waals surface area contributed by atoms with Crippen LogP contribution < -0.4 is 11.1 Å². The molecule has 1 aromatic carbocycles. The summed E-state index contributed by atoms with van der Waals surface area (Å²) in [6, 6.07) is 2.80. The predicted octanol–water partition coefficient (Wildman–Crippen LogP) is 2.32. The van der Waals surface area contributed by atoms with Gasteiger partial charge in [-0.2, -0.15) is 0 Å². The molecule has 5 nitrogen and oxygen atoms in total. The minimum absolute atomic E-state index is 0.134. The summed E-state index contributed by atoms with van der Waals surface area (Å²) < 4.78 is 0. The smallest absolute Gasteiger partial charge is 0.251 e. The van der Waals surface area contributed by atoms with Gasteiger partial charge in [-0.05, 0) is 25.5 Å². The van der Waals surface area contributed by atoms with E-state index in [-0.39, 0.29) is 33.6 Å². The van der Waals surface area contributed by atoms with Crippen LogP contribution in [0.4, 0.5) is 5.69 Å². The van der Waals surface area contributed by atoms with Crippen LogP contribution in [0.5, 0.6) is 0 Å². The number of carbonyl (C=O) groups excluding carboxylic acids is 2. The van der Waals surface area contributed by atoms with Gasteiger partial charge in [-0.3, -0.25) is 9.59 Å². The van der Waals surface area contributed by atoms with E-state index in [1.807, 2.05) is 6.92 Å². The van der Waals surface area contributed by atoms with E-state index < -0.39 is 0 Å². The Morgan fingerprint density at radius 1 is 1.43 bits per heavy atom. The third kappa shape index (κ3) is 3.80. The number of rotatable bonds is 4. The van der Waals surface area contributed by atoms with Crippen molar-refractivity contribution in [3.8, 4) is 0 Å². The van der Waals surface area contributed by atoms with E-state index in [4.69, 9.17) is 28.9 Å². The molecule has 1 heterocycles. The summed E-state index contributed by atoms with van der Waals surface area (Å²) in [5.74, 6) is -0.160. The van der Waals surface area contributed by atoms with Gasteiger partial charge in [0.1, 0.15) is 0 Å². The van der Waals surface area contributed by atoms with Crippen molar-refractivity contribution in [2.75, 3.05) is 18.8 Å². The molecule has 0 aliphatic carbocycles. The summed E-state index contributed by atoms with van der Waals surface area (Å²) in [5.41, 5.74) is 6.24. The Kier molecular flexibility index (Phi) is 4.96. The van der Waals surface area contributed by atoms with Crippen LogP contribution in [0.2, 0.25) is 10.0 Å². The zero-order valence-electron chi connectivity index (χ0n) is 11.7. The van der Waals surface area contributed by atoms with E-state index in [0.29, 0.717) is 18.5 Å². The van der Waals surface area contributed by atoms with Crippen LogP contribution in [0, 0.1) is 0 Å². The maximum absolute atomic E-state index is 12.2. The third-order valence-electron chi connectivity index (χ3n) is 3.38. The summed E-state index contributed by atoms with van der Waals surface area (Å²) in [4.78, 5) is 25.5. The monoisotopic (exact) mass is 329 g/mol. The van der Waals surface area contributed by atoms with Crippen LogP contribution in [-0.2, 0) is 4.79 Å². The molecule has 114 valence electrons. The van der Waals surface area contributed by atoms with Gasteiger partial charge in [0.25, 0.3) is 5.91 Å². The lowest BCUT2D eigenvalue weighted by molar-refractivity contribution is -0.127. The topological polar surface area (TPSA) is 75.4 Å². The van der Waals surface area contributed by atoms with E-state index in [9.17, 15) is 9.59 Å². The minimum atomic E-state index is -0.294. The maximum atomic E-state index is 12.2. The molecule has 0 aromatic heterocycles. The molecule has 7 heteroatoms. The largest absolute Gasteiger partial charge is 0.396 e. The van der Waals surface area contributed by atoms with Crippen molar-refractivity contribution in [2.24, 2.45) is 0 Å². The number of halogens is 2. The Balaban J connectivity index is 1.99. The number of amides is 2. The quantitative estimate of drug-likeness (QED) is 0.832. The van der Waals surface area contributed by atoms with Gasteiger partial charge in [-0.25, -0.2) is 0 Å². The Hall–Kier alpha value is -1.46. The highest BCUT2D eigenvalue weighted by atomic mass is 35.5. The highest BCUT2D eigenvalue weighted by molar-refractivity contribution is 6.39. The highest BCUT2D eigenvalue weighted by Gasteiger charge is 2.22. The predicted molar refractivity (Wildman–Crippen MR) is 83.6 cm³/mol. The number of benzene rings is 1. The molecule has 0 saturated carbocycles. The average Bonchev–Trinajstić information content (AvgIpc) is 2.80. The first-order valence-electron chi connectivity index (χ1n) is 6.71. The van der Waals surface area contributed by atoms with E-state index >= 15 is 0 Å². The van der Waals surface area contributed by atoms with Gasteiger partial charge >= 0.3 is 0 Å². The Labute approximate surface area is 133 Å². The number of hydrogen-bond acceptors (Lipinski definition) is 3. The number of anilines is 1. The van der Waals surface area contributed by atoms with Crippen molar-refractivity contribution >= 4 is 40.7 Å². The van der Waals surface area contributed by atoms with Crippen molar-refractivity contribution in [3.05, 3.63) is 27.7 Å². The lowest BCUT2D eigenvalue weighted by atomic mass is 10.1. The zero-order chi connectivity index (χ0) is 15.6. The van der Waals surface area contributed by atoms with Gasteiger partial charge < -0.3 is 16.0 Å². The molecule has 2 amide bonds. The third-order valence-corrected chi connectivity index (χ3v) is 4.01. The standard InChI is InChI=1S/C14H17Cl2N3O2/c1-8(7-19-4-2-3-12(19)20)18-14(21)9-5-10(15)13(17)11(16)6-9/h5-6,8H,2-4,7,17H2,1H3,(H,18,21). The van der Waals surface area contributed by atoms with Crippen LogP contribution in [0.1, 0.15) is 30.1 Å². The second kappa shape index (κ2) is 6.54. The number of likely N-dealkylation sites (tertiary alicyclic amines) is 1. The van der Waals surface area contributed by atoms with Crippen LogP contribution in [0.15, 0.2) is 12.1 Å². The van der Waals surface area contributed by atoms with Crippen molar-refractivity contribution in [1.29, 1.82) is 0 Å². The minimum Gasteiger partial charge on any atom is -0.396 e. The second-order valence-corrected chi connectivity index (χ2v) is 5.99. The van der Waals surface area contributed by atoms with Crippen LogP contribution in [-0.4, -0.2) is 35.8 Å². The summed E-state index contributed by atoms with van der Waals surface area (Å²) in [6.45, 7) is 3.10. The average molecular weight is 330 g/mol. The van der Waals surface area contributed by atoms with Crippen LogP contribution in [0.25, 0.3) is 0 Å². The second-order valence-electron chi connectivity index (χ2n) is 5.17. The van der Waals surface area contributed by atoms with E-state index in [1.165, 1.54) is 12.1 Å². The number of carbonyl (C=O) groups is 2. The fourth-order valence-corrected chi connectivity index (χ4v) is 2.78. The summed E-state index contributed by atoms with van der Waals surface area (Å²) >= 11 is 11.8. The molecule has 3 N–H and O–H groups in total. The molecule has 1 fully saturated rings. The Morgan fingerprint density at radius 2 is 2.05 bits per heavy atom. The summed E-state index contributed by atoms with van der Waals surface area (Å²) in [7, 11) is 0. The van der Waals surface area contributed by atoms with Crippen molar-refractivity contribution in [3.63, 3.8) is 0 Å². The SMILES string of the molecule is CC(CN1CCCC1=O)NC(=O)c1cc(Cl)c(N)c(Cl)c1. The van der Waals surface area contributed by atoms with Gasteiger partial charge in [-0.1, -0.05) is 23.2 Å². The number of nitrogens with two attached hydrogens (primary N) is 1. The van der Waals surface area contributed by atoms with E-state index in [1.54, 1.807) is 4.90 Å². The van der Waals surface area contributed by atoms with Crippen molar-refractivity contribution in [2.45, 2.75) is 25.8 Å². The number of nitrogens with one attached hydrogen (secondary N) is 1. The molecule has 1 aliphatic rings. The first-order chi connectivity index (χ1) is 9.88. The lowest BCUT2D eigenvalue weighted by Gasteiger charge is -2.21. The molecular weight excluding hydrogens is 313 g/mol. The maximum Gasteiger partial charge on any atom is 0.251 e. The molecule has 1 aliphatic heterocycles. The molecule has 21 heavy (non-hydrogen) atoms. The van der Waals surface area contributed by atoms with Crippen molar-refractivity contribution in [1.82, 2.24) is 10.2 Å². The van der Waals surface area contributed by atoms with E-state index in [0.717, 1.165) is 13.0 Å². The fourth-order valence-electron chi connectivity index (χ4n) is 2.30. The molecule has 1 atom stereocenters. The zero-order valence-corrected chi connectivity index (χ0v) is 13.2. The van der Waals surface area contributed by atoms with Gasteiger partial charge in [0.05, 0.1) is 15.7 Å². The normalized spacial score (nSPS) is 16.1. The van der Waals surface area contributed by atoms with Gasteiger partial charge in [-0.15, -0.1) is 0 Å². The number of hydrogen-bond donors (Lipinski definition) is 2. The molecule has 0 spiro atoms.